The molecule has 2 saturated heterocycles. The average molecular weight is 432 g/mol. The average Bonchev–Trinajstić information content (AvgIpc) is 2.70. The third kappa shape index (κ3) is 5.90. The molecule has 0 bridgehead atoms. The van der Waals surface area contributed by atoms with Crippen LogP contribution in [-0.4, -0.2) is 62.9 Å². The Morgan fingerprint density at radius 1 is 1.21 bits per heavy atom. The molecule has 0 saturated carbocycles. The molecule has 0 aliphatic carbocycles. The van der Waals surface area contributed by atoms with E-state index in [2.05, 4.69) is 10.2 Å². The molecule has 2 heterocycles. The van der Waals surface area contributed by atoms with Crippen LogP contribution in [0.2, 0.25) is 0 Å². The number of thiocarbonyl (C=S) groups is 1. The summed E-state index contributed by atoms with van der Waals surface area (Å²) in [6.45, 7) is 7.47. The summed E-state index contributed by atoms with van der Waals surface area (Å²) in [4.78, 5) is 29.8. The van der Waals surface area contributed by atoms with Crippen LogP contribution in [-0.2, 0) is 9.59 Å². The largest absolute Gasteiger partial charge is 0.339 e. The number of hydrogen-bond acceptors (Lipinski definition) is 5. The number of carbonyl (C=O) groups is 2. The molecule has 2 fully saturated rings. The lowest BCUT2D eigenvalue weighted by atomic mass is 10.0. The highest BCUT2D eigenvalue weighted by Crippen LogP contribution is 2.36. The Hall–Kier alpha value is -1.70. The lowest BCUT2D eigenvalue weighted by Crippen LogP contribution is -2.62. The third-order valence-corrected chi connectivity index (χ3v) is 7.01. The van der Waals surface area contributed by atoms with Gasteiger partial charge in [-0.05, 0) is 51.4 Å². The second kappa shape index (κ2) is 9.87. The number of nitrogens with one attached hydrogen (secondary N) is 1. The Bertz CT molecular complexity index is 774. The predicted octanol–water partition coefficient (Wildman–Crippen LogP) is 3.31. The molecule has 1 aromatic carbocycles. The first-order chi connectivity index (χ1) is 13.9. The van der Waals surface area contributed by atoms with E-state index in [1.54, 1.807) is 11.0 Å². The molecule has 5 nitrogen and oxygen atoms in total. The van der Waals surface area contributed by atoms with Crippen molar-refractivity contribution in [1.82, 2.24) is 15.1 Å². The molecule has 7 heteroatoms. The first kappa shape index (κ1) is 22.0. The number of benzene rings is 1. The molecule has 2 amide bonds. The fraction of sp³-hybridized carbons (Fsp3) is 0.500. The summed E-state index contributed by atoms with van der Waals surface area (Å²) in [5.74, 6) is -0.387. The number of piperidine rings is 1. The predicted molar refractivity (Wildman–Crippen MR) is 124 cm³/mol. The Labute approximate surface area is 182 Å². The summed E-state index contributed by atoms with van der Waals surface area (Å²) in [5, 5.41) is 2.91. The van der Waals surface area contributed by atoms with E-state index in [9.17, 15) is 9.59 Å². The molecule has 2 aliphatic rings. The minimum absolute atomic E-state index is 0.114. The van der Waals surface area contributed by atoms with E-state index in [1.807, 2.05) is 44.2 Å². The lowest BCUT2D eigenvalue weighted by Gasteiger charge is -2.43. The summed E-state index contributed by atoms with van der Waals surface area (Å²) in [5.41, 5.74) is 0.940. The number of rotatable bonds is 6. The number of hydrogen-bond donors (Lipinski definition) is 1. The van der Waals surface area contributed by atoms with Crippen molar-refractivity contribution in [2.45, 2.75) is 43.9 Å². The zero-order valence-corrected chi connectivity index (χ0v) is 18.7. The van der Waals surface area contributed by atoms with Gasteiger partial charge in [0.1, 0.15) is 10.4 Å². The molecule has 1 atom stereocenters. The fourth-order valence-corrected chi connectivity index (χ4v) is 5.51. The van der Waals surface area contributed by atoms with Crippen molar-refractivity contribution >= 4 is 46.2 Å². The first-order valence-corrected chi connectivity index (χ1v) is 11.4. The maximum Gasteiger partial charge on any atom is 0.252 e. The zero-order chi connectivity index (χ0) is 20.9. The Kier molecular flexibility index (Phi) is 7.49. The summed E-state index contributed by atoms with van der Waals surface area (Å²) in [7, 11) is 0. The number of carbonyl (C=O) groups excluding carboxylic acids is 2. The van der Waals surface area contributed by atoms with E-state index in [1.165, 1.54) is 37.1 Å². The van der Waals surface area contributed by atoms with Gasteiger partial charge in [-0.1, -0.05) is 60.7 Å². The van der Waals surface area contributed by atoms with Gasteiger partial charge in [-0.25, -0.2) is 0 Å². The molecule has 0 radical (unpaired) electrons. The highest BCUT2D eigenvalue weighted by molar-refractivity contribution is 8.24. The maximum atomic E-state index is 13.2. The molecule has 2 aliphatic heterocycles. The molecule has 29 heavy (non-hydrogen) atoms. The zero-order valence-electron chi connectivity index (χ0n) is 17.1. The highest BCUT2D eigenvalue weighted by atomic mass is 32.2. The molecule has 3 rings (SSSR count). The lowest BCUT2D eigenvalue weighted by molar-refractivity contribution is -0.133. The molecule has 0 spiro atoms. The molecule has 1 N–H and O–H groups in total. The van der Waals surface area contributed by atoms with Crippen molar-refractivity contribution in [2.75, 3.05) is 26.2 Å². The summed E-state index contributed by atoms with van der Waals surface area (Å²) in [6.07, 6.45) is 6.95. The van der Waals surface area contributed by atoms with Crippen molar-refractivity contribution < 1.29 is 9.59 Å². The van der Waals surface area contributed by atoms with Gasteiger partial charge < -0.3 is 10.2 Å². The smallest absolute Gasteiger partial charge is 0.252 e. The SMILES string of the molecule is CC1(C)SC(=S)N(CCN2CCCCC2)C(=O)C1NC(=O)C=Cc1ccccc1. The van der Waals surface area contributed by atoms with Crippen molar-refractivity contribution in [3.05, 3.63) is 42.0 Å². The van der Waals surface area contributed by atoms with Crippen LogP contribution in [0.3, 0.4) is 0 Å². The third-order valence-electron chi connectivity index (χ3n) is 5.38. The van der Waals surface area contributed by atoms with Crippen LogP contribution < -0.4 is 5.32 Å². The number of likely N-dealkylation sites (tertiary alicyclic amines) is 1. The number of nitrogens with zero attached hydrogens (tertiary/aromatic N) is 2. The molecule has 156 valence electrons. The number of amides is 2. The number of thioether (sulfide) groups is 1. The van der Waals surface area contributed by atoms with Crippen molar-refractivity contribution in [3.63, 3.8) is 0 Å². The van der Waals surface area contributed by atoms with Crippen molar-refractivity contribution in [1.29, 1.82) is 0 Å². The van der Waals surface area contributed by atoms with Crippen molar-refractivity contribution in [3.8, 4) is 0 Å². The quantitative estimate of drug-likeness (QED) is 0.553. The first-order valence-electron chi connectivity index (χ1n) is 10.2. The van der Waals surface area contributed by atoms with Gasteiger partial charge in [-0.15, -0.1) is 0 Å². The monoisotopic (exact) mass is 431 g/mol. The molecule has 1 aromatic rings. The van der Waals surface area contributed by atoms with E-state index < -0.39 is 10.8 Å². The second-order valence-electron chi connectivity index (χ2n) is 8.05. The minimum atomic E-state index is -0.617. The standard InChI is InChI=1S/C22H29N3O2S2/c1-22(2)19(23-18(26)12-11-17-9-5-3-6-10-17)20(27)25(21(28)29-22)16-15-24-13-7-4-8-14-24/h3,5-6,9-12,19H,4,7-8,13-16H2,1-2H3,(H,23,26). The summed E-state index contributed by atoms with van der Waals surface area (Å²) < 4.78 is 0.105. The van der Waals surface area contributed by atoms with Crippen LogP contribution in [0.4, 0.5) is 0 Å². The Morgan fingerprint density at radius 2 is 1.90 bits per heavy atom. The van der Waals surface area contributed by atoms with Gasteiger partial charge in [0, 0.05) is 23.9 Å². The van der Waals surface area contributed by atoms with Gasteiger partial charge in [0.05, 0.1) is 0 Å². The van der Waals surface area contributed by atoms with E-state index >= 15 is 0 Å². The highest BCUT2D eigenvalue weighted by Gasteiger charge is 2.46. The van der Waals surface area contributed by atoms with Crippen LogP contribution in [0.1, 0.15) is 38.7 Å². The minimum Gasteiger partial charge on any atom is -0.339 e. The van der Waals surface area contributed by atoms with Crippen LogP contribution in [0.15, 0.2) is 36.4 Å². The maximum absolute atomic E-state index is 13.2. The van der Waals surface area contributed by atoms with Crippen LogP contribution in [0, 0.1) is 0 Å². The molecular weight excluding hydrogens is 402 g/mol. The van der Waals surface area contributed by atoms with E-state index in [-0.39, 0.29) is 11.8 Å². The molecule has 1 unspecified atom stereocenters. The van der Waals surface area contributed by atoms with Gasteiger partial charge in [-0.3, -0.25) is 14.5 Å². The molecular formula is C22H29N3O2S2. The summed E-state index contributed by atoms with van der Waals surface area (Å²) >= 11 is 7.01. The summed E-state index contributed by atoms with van der Waals surface area (Å²) in [6, 6.07) is 9.01. The fourth-order valence-electron chi connectivity index (χ4n) is 3.67. The van der Waals surface area contributed by atoms with Crippen LogP contribution in [0.25, 0.3) is 6.08 Å². The van der Waals surface area contributed by atoms with Gasteiger partial charge in [-0.2, -0.15) is 0 Å². The van der Waals surface area contributed by atoms with Gasteiger partial charge >= 0.3 is 0 Å². The van der Waals surface area contributed by atoms with Crippen LogP contribution >= 0.6 is 24.0 Å². The Balaban J connectivity index is 1.63. The van der Waals surface area contributed by atoms with E-state index in [4.69, 9.17) is 12.2 Å². The molecule has 0 aromatic heterocycles. The van der Waals surface area contributed by atoms with Crippen molar-refractivity contribution in [2.24, 2.45) is 0 Å². The van der Waals surface area contributed by atoms with Crippen LogP contribution in [0.5, 0.6) is 0 Å². The normalized spacial score (nSPS) is 22.8. The van der Waals surface area contributed by atoms with E-state index in [0.29, 0.717) is 10.9 Å². The van der Waals surface area contributed by atoms with Gasteiger partial charge in [0.2, 0.25) is 5.91 Å². The van der Waals surface area contributed by atoms with Gasteiger partial charge in [0.25, 0.3) is 5.91 Å². The van der Waals surface area contributed by atoms with Gasteiger partial charge in [0.15, 0.2) is 0 Å². The second-order valence-corrected chi connectivity index (χ2v) is 10.3. The Morgan fingerprint density at radius 3 is 2.59 bits per heavy atom. The topological polar surface area (TPSA) is 52.6 Å². The van der Waals surface area contributed by atoms with E-state index in [0.717, 1.165) is 25.2 Å².